The first-order chi connectivity index (χ1) is 11.7. The Bertz CT molecular complexity index is 744. The second-order valence-corrected chi connectivity index (χ2v) is 5.13. The van der Waals surface area contributed by atoms with Gasteiger partial charge in [-0.1, -0.05) is 19.6 Å². The average Bonchev–Trinajstić information content (AvgIpc) is 3.03. The second-order valence-electron chi connectivity index (χ2n) is 5.13. The normalized spacial score (nSPS) is 12.5. The van der Waals surface area contributed by atoms with Crippen molar-refractivity contribution in [1.82, 2.24) is 9.97 Å². The van der Waals surface area contributed by atoms with E-state index in [-0.39, 0.29) is 0 Å². The number of fused-ring (bicyclic) bond motifs is 1. The summed E-state index contributed by atoms with van der Waals surface area (Å²) in [7, 11) is 3.30. The summed E-state index contributed by atoms with van der Waals surface area (Å²) in [6, 6.07) is 5.79. The van der Waals surface area contributed by atoms with Crippen LogP contribution in [0.4, 0.5) is 0 Å². The molecule has 0 atom stereocenters. The molecule has 1 heterocycles. The third-order valence-electron chi connectivity index (χ3n) is 3.58. The van der Waals surface area contributed by atoms with Gasteiger partial charge in [0.05, 0.1) is 24.8 Å². The van der Waals surface area contributed by atoms with Crippen molar-refractivity contribution in [3.05, 3.63) is 54.6 Å². The Morgan fingerprint density at radius 1 is 1.25 bits per heavy atom. The number of aromatic amines is 1. The molecule has 1 aromatic heterocycles. The lowest BCUT2D eigenvalue weighted by Gasteiger charge is -2.05. The lowest BCUT2D eigenvalue weighted by Crippen LogP contribution is -2.00. The van der Waals surface area contributed by atoms with Crippen LogP contribution < -0.4 is 4.74 Å². The van der Waals surface area contributed by atoms with Crippen LogP contribution in [-0.4, -0.2) is 37.4 Å². The highest BCUT2D eigenvalue weighted by Gasteiger charge is 2.07. The molecule has 0 aliphatic heterocycles. The van der Waals surface area contributed by atoms with Crippen LogP contribution in [0.2, 0.25) is 0 Å². The Kier molecular flexibility index (Phi) is 6.63. The number of nitrogens with zero attached hydrogens (tertiary/aromatic N) is 1. The van der Waals surface area contributed by atoms with E-state index >= 15 is 0 Å². The van der Waals surface area contributed by atoms with E-state index in [4.69, 9.17) is 14.2 Å². The number of hydrogen-bond acceptors (Lipinski definition) is 4. The molecule has 5 heteroatoms. The van der Waals surface area contributed by atoms with E-state index in [0.717, 1.165) is 34.6 Å². The van der Waals surface area contributed by atoms with E-state index in [9.17, 15) is 0 Å². The smallest absolute Gasteiger partial charge is 0.134 e. The first-order valence-electron chi connectivity index (χ1n) is 7.91. The van der Waals surface area contributed by atoms with E-state index in [1.807, 2.05) is 30.4 Å². The molecule has 0 amide bonds. The number of aromatic nitrogens is 2. The standard InChI is InChI=1S/C19H24N2O3/c1-5-14(7-8-15(6-2)24-12-11-22-3)19-20-17-10-9-16(23-4)13-18(17)21-19/h6-10,13H,2,5,11-12H2,1,3-4H3,(H,20,21)/b14-7+,15-8+. The summed E-state index contributed by atoms with van der Waals surface area (Å²) in [5.74, 6) is 2.35. The fourth-order valence-electron chi connectivity index (χ4n) is 2.23. The third kappa shape index (κ3) is 4.49. The van der Waals surface area contributed by atoms with Crippen molar-refractivity contribution in [2.45, 2.75) is 13.3 Å². The van der Waals surface area contributed by atoms with Crippen LogP contribution in [0.25, 0.3) is 16.6 Å². The molecule has 2 rings (SSSR count). The fraction of sp³-hybridized carbons (Fsp3) is 0.316. The van der Waals surface area contributed by atoms with E-state index in [0.29, 0.717) is 19.0 Å². The van der Waals surface area contributed by atoms with E-state index in [1.165, 1.54) is 0 Å². The van der Waals surface area contributed by atoms with Gasteiger partial charge >= 0.3 is 0 Å². The molecule has 24 heavy (non-hydrogen) atoms. The molecule has 0 saturated heterocycles. The molecule has 0 fully saturated rings. The summed E-state index contributed by atoms with van der Waals surface area (Å²) in [5.41, 5.74) is 2.95. The predicted octanol–water partition coefficient (Wildman–Crippen LogP) is 4.10. The van der Waals surface area contributed by atoms with Crippen molar-refractivity contribution in [2.75, 3.05) is 27.4 Å². The topological polar surface area (TPSA) is 56.4 Å². The van der Waals surface area contributed by atoms with Gasteiger partial charge in [0.1, 0.15) is 23.9 Å². The van der Waals surface area contributed by atoms with Gasteiger partial charge in [0.25, 0.3) is 0 Å². The molecule has 0 aliphatic rings. The number of nitrogens with one attached hydrogen (secondary N) is 1. The molecule has 0 unspecified atom stereocenters. The zero-order chi connectivity index (χ0) is 17.4. The maximum Gasteiger partial charge on any atom is 0.134 e. The Balaban J connectivity index is 2.24. The summed E-state index contributed by atoms with van der Waals surface area (Å²) in [6.45, 7) is 6.90. The van der Waals surface area contributed by atoms with Gasteiger partial charge in [-0.25, -0.2) is 4.98 Å². The largest absolute Gasteiger partial charge is 0.497 e. The molecule has 0 bridgehead atoms. The van der Waals surface area contributed by atoms with Crippen LogP contribution in [0.15, 0.2) is 48.8 Å². The van der Waals surface area contributed by atoms with Crippen LogP contribution in [0.5, 0.6) is 5.75 Å². The van der Waals surface area contributed by atoms with Crippen molar-refractivity contribution >= 4 is 16.6 Å². The number of benzene rings is 1. The highest BCUT2D eigenvalue weighted by molar-refractivity contribution is 5.80. The van der Waals surface area contributed by atoms with Crippen LogP contribution in [-0.2, 0) is 9.47 Å². The lowest BCUT2D eigenvalue weighted by atomic mass is 10.1. The SMILES string of the molecule is C=C/C(=C\C=C(/CC)c1nc2ccc(OC)cc2[nH]1)OCCOC. The molecule has 0 spiro atoms. The minimum Gasteiger partial charge on any atom is -0.497 e. The van der Waals surface area contributed by atoms with E-state index < -0.39 is 0 Å². The molecular weight excluding hydrogens is 304 g/mol. The molecule has 0 radical (unpaired) electrons. The number of allylic oxidation sites excluding steroid dienone is 4. The highest BCUT2D eigenvalue weighted by Crippen LogP contribution is 2.23. The van der Waals surface area contributed by atoms with Crippen molar-refractivity contribution in [2.24, 2.45) is 0 Å². The number of H-pyrrole nitrogens is 1. The Labute approximate surface area is 142 Å². The van der Waals surface area contributed by atoms with Crippen molar-refractivity contribution in [1.29, 1.82) is 0 Å². The Morgan fingerprint density at radius 3 is 2.75 bits per heavy atom. The molecule has 1 aromatic carbocycles. The zero-order valence-corrected chi connectivity index (χ0v) is 14.5. The summed E-state index contributed by atoms with van der Waals surface area (Å²) in [6.07, 6.45) is 6.42. The number of methoxy groups -OCH3 is 2. The minimum absolute atomic E-state index is 0.494. The van der Waals surface area contributed by atoms with Gasteiger partial charge < -0.3 is 19.2 Å². The van der Waals surface area contributed by atoms with E-state index in [1.54, 1.807) is 20.3 Å². The Morgan fingerprint density at radius 2 is 2.08 bits per heavy atom. The first kappa shape index (κ1) is 17.8. The van der Waals surface area contributed by atoms with Crippen molar-refractivity contribution in [3.63, 3.8) is 0 Å². The van der Waals surface area contributed by atoms with Crippen LogP contribution in [0.1, 0.15) is 19.2 Å². The maximum atomic E-state index is 5.58. The van der Waals surface area contributed by atoms with Crippen LogP contribution >= 0.6 is 0 Å². The molecule has 1 N–H and O–H groups in total. The van der Waals surface area contributed by atoms with Gasteiger partial charge in [0.15, 0.2) is 0 Å². The third-order valence-corrected chi connectivity index (χ3v) is 3.58. The maximum absolute atomic E-state index is 5.58. The number of hydrogen-bond donors (Lipinski definition) is 1. The minimum atomic E-state index is 0.494. The molecule has 5 nitrogen and oxygen atoms in total. The molecular formula is C19H24N2O3. The van der Waals surface area contributed by atoms with Gasteiger partial charge in [-0.05, 0) is 36.3 Å². The highest BCUT2D eigenvalue weighted by atomic mass is 16.5. The molecule has 2 aromatic rings. The first-order valence-corrected chi connectivity index (χ1v) is 7.91. The van der Waals surface area contributed by atoms with Gasteiger partial charge in [-0.2, -0.15) is 0 Å². The fourth-order valence-corrected chi connectivity index (χ4v) is 2.23. The molecule has 0 aliphatic carbocycles. The molecule has 128 valence electrons. The summed E-state index contributed by atoms with van der Waals surface area (Å²) in [5, 5.41) is 0. The van der Waals surface area contributed by atoms with Gasteiger partial charge in [-0.15, -0.1) is 0 Å². The van der Waals surface area contributed by atoms with Crippen LogP contribution in [0, 0.1) is 0 Å². The van der Waals surface area contributed by atoms with Gasteiger partial charge in [0, 0.05) is 13.2 Å². The zero-order valence-electron chi connectivity index (χ0n) is 14.5. The quantitative estimate of drug-likeness (QED) is 0.428. The van der Waals surface area contributed by atoms with Crippen LogP contribution in [0.3, 0.4) is 0 Å². The summed E-state index contributed by atoms with van der Waals surface area (Å²) in [4.78, 5) is 7.98. The van der Waals surface area contributed by atoms with Crippen molar-refractivity contribution < 1.29 is 14.2 Å². The Hall–Kier alpha value is -2.53. The van der Waals surface area contributed by atoms with Gasteiger partial charge in [0.2, 0.25) is 0 Å². The average molecular weight is 328 g/mol. The molecule has 0 saturated carbocycles. The number of imidazole rings is 1. The number of rotatable bonds is 9. The summed E-state index contributed by atoms with van der Waals surface area (Å²) >= 11 is 0. The predicted molar refractivity (Wildman–Crippen MR) is 97.0 cm³/mol. The lowest BCUT2D eigenvalue weighted by molar-refractivity contribution is 0.114. The van der Waals surface area contributed by atoms with E-state index in [2.05, 4.69) is 23.5 Å². The number of ether oxygens (including phenoxy) is 3. The second kappa shape index (κ2) is 8.93. The van der Waals surface area contributed by atoms with Crippen molar-refractivity contribution in [3.8, 4) is 5.75 Å². The summed E-state index contributed by atoms with van der Waals surface area (Å²) < 4.78 is 15.8. The van der Waals surface area contributed by atoms with Gasteiger partial charge in [-0.3, -0.25) is 0 Å². The monoisotopic (exact) mass is 328 g/mol.